The lowest BCUT2D eigenvalue weighted by atomic mass is 9.74. The molecule has 2 N–H and O–H groups in total. The van der Waals surface area contributed by atoms with Crippen LogP contribution in [0.2, 0.25) is 0 Å². The van der Waals surface area contributed by atoms with Crippen molar-refractivity contribution in [2.24, 2.45) is 5.92 Å². The lowest BCUT2D eigenvalue weighted by Gasteiger charge is -2.34. The molecule has 0 atom stereocenters. The van der Waals surface area contributed by atoms with Crippen molar-refractivity contribution in [1.82, 2.24) is 29.8 Å². The third-order valence-corrected chi connectivity index (χ3v) is 5.28. The van der Waals surface area contributed by atoms with Crippen LogP contribution in [0.4, 0.5) is 11.6 Å². The van der Waals surface area contributed by atoms with Gasteiger partial charge in [0, 0.05) is 36.3 Å². The highest BCUT2D eigenvalue weighted by Crippen LogP contribution is 2.41. The monoisotopic (exact) mass is 375 g/mol. The van der Waals surface area contributed by atoms with Gasteiger partial charge in [-0.15, -0.1) is 0 Å². The van der Waals surface area contributed by atoms with Crippen molar-refractivity contribution in [1.29, 1.82) is 0 Å². The van der Waals surface area contributed by atoms with Crippen LogP contribution >= 0.6 is 0 Å². The van der Waals surface area contributed by atoms with Crippen LogP contribution in [-0.2, 0) is 0 Å². The number of hydrogen-bond donors (Lipinski definition) is 2. The third-order valence-electron chi connectivity index (χ3n) is 5.28. The molecule has 0 aliphatic heterocycles. The molecule has 0 bridgehead atoms. The first-order chi connectivity index (χ1) is 13.8. The Morgan fingerprint density at radius 2 is 2.14 bits per heavy atom. The molecular formula is C20H21N7O. The molecule has 5 rings (SSSR count). The Morgan fingerprint density at radius 3 is 3.04 bits per heavy atom. The summed E-state index contributed by atoms with van der Waals surface area (Å²) in [5, 5.41) is 15.0. The number of anilines is 2. The van der Waals surface area contributed by atoms with Gasteiger partial charge in [0.15, 0.2) is 11.6 Å². The summed E-state index contributed by atoms with van der Waals surface area (Å²) in [5.41, 5.74) is 3.00. The Labute approximate surface area is 162 Å². The van der Waals surface area contributed by atoms with Gasteiger partial charge in [-0.05, 0) is 43.9 Å². The van der Waals surface area contributed by atoms with Crippen LogP contribution in [0.5, 0.6) is 5.75 Å². The number of aromatic nitrogens is 6. The molecule has 0 amide bonds. The normalized spacial score (nSPS) is 18.8. The molecule has 142 valence electrons. The molecule has 1 aliphatic rings. The summed E-state index contributed by atoms with van der Waals surface area (Å²) in [6.07, 6.45) is 9.27. The van der Waals surface area contributed by atoms with Gasteiger partial charge in [0.05, 0.1) is 18.5 Å². The molecule has 1 fully saturated rings. The van der Waals surface area contributed by atoms with E-state index in [0.29, 0.717) is 11.8 Å². The van der Waals surface area contributed by atoms with Gasteiger partial charge in [0.1, 0.15) is 11.3 Å². The summed E-state index contributed by atoms with van der Waals surface area (Å²) in [5.74, 6) is 3.43. The highest BCUT2D eigenvalue weighted by atomic mass is 16.5. The Balaban J connectivity index is 1.18. The molecule has 4 aromatic heterocycles. The van der Waals surface area contributed by atoms with Crippen LogP contribution in [0, 0.1) is 12.8 Å². The van der Waals surface area contributed by atoms with E-state index in [1.54, 1.807) is 23.1 Å². The van der Waals surface area contributed by atoms with E-state index in [1.807, 2.05) is 31.3 Å². The molecule has 4 aromatic rings. The average molecular weight is 375 g/mol. The number of H-pyrrole nitrogens is 1. The summed E-state index contributed by atoms with van der Waals surface area (Å²) < 4.78 is 7.71. The van der Waals surface area contributed by atoms with Gasteiger partial charge >= 0.3 is 0 Å². The van der Waals surface area contributed by atoms with Crippen molar-refractivity contribution in [3.05, 3.63) is 60.4 Å². The number of fused-ring (bicyclic) bond motifs is 1. The van der Waals surface area contributed by atoms with E-state index in [1.165, 1.54) is 0 Å². The minimum absolute atomic E-state index is 0.491. The topological polar surface area (TPSA) is 93.0 Å². The quantitative estimate of drug-likeness (QED) is 0.536. The summed E-state index contributed by atoms with van der Waals surface area (Å²) in [4.78, 5) is 8.65. The number of aryl methyl sites for hydroxylation is 1. The smallest absolute Gasteiger partial charge is 0.157 e. The first kappa shape index (κ1) is 16.7. The van der Waals surface area contributed by atoms with Crippen LogP contribution in [0.1, 0.15) is 30.1 Å². The van der Waals surface area contributed by atoms with Crippen LogP contribution in [0.3, 0.4) is 0 Å². The molecule has 28 heavy (non-hydrogen) atoms. The molecule has 0 aromatic carbocycles. The Bertz CT molecular complexity index is 1100. The number of nitrogens with one attached hydrogen (secondary N) is 2. The maximum Gasteiger partial charge on any atom is 0.157 e. The molecule has 0 spiro atoms. The van der Waals surface area contributed by atoms with Crippen molar-refractivity contribution < 1.29 is 4.74 Å². The van der Waals surface area contributed by atoms with Crippen LogP contribution in [0.25, 0.3) is 5.52 Å². The lowest BCUT2D eigenvalue weighted by molar-refractivity contribution is 0.155. The number of aromatic amines is 1. The van der Waals surface area contributed by atoms with Gasteiger partial charge in [0.25, 0.3) is 0 Å². The Kier molecular flexibility index (Phi) is 4.16. The molecule has 0 radical (unpaired) electrons. The molecule has 0 unspecified atom stereocenters. The van der Waals surface area contributed by atoms with E-state index >= 15 is 0 Å². The van der Waals surface area contributed by atoms with Crippen molar-refractivity contribution in [3.8, 4) is 5.75 Å². The fourth-order valence-electron chi connectivity index (χ4n) is 3.64. The van der Waals surface area contributed by atoms with Gasteiger partial charge in [-0.3, -0.25) is 10.1 Å². The van der Waals surface area contributed by atoms with Crippen LogP contribution < -0.4 is 10.1 Å². The minimum atomic E-state index is 0.491. The number of nitrogens with zero attached hydrogens (tertiary/aromatic N) is 5. The van der Waals surface area contributed by atoms with Crippen molar-refractivity contribution in [3.63, 3.8) is 0 Å². The van der Waals surface area contributed by atoms with E-state index in [9.17, 15) is 0 Å². The molecular weight excluding hydrogens is 354 g/mol. The SMILES string of the molecule is Cc1ncccc1OC[C@H]1C[C@H](c2cc(Nc3nccn4nccc34)n[nH]2)C1. The Hall–Kier alpha value is -3.42. The summed E-state index contributed by atoms with van der Waals surface area (Å²) in [6.45, 7) is 2.70. The second-order valence-electron chi connectivity index (χ2n) is 7.20. The van der Waals surface area contributed by atoms with Crippen LogP contribution in [-0.4, -0.2) is 36.4 Å². The molecule has 8 nitrogen and oxygen atoms in total. The van der Waals surface area contributed by atoms with Gasteiger partial charge in [-0.2, -0.15) is 10.2 Å². The van der Waals surface area contributed by atoms with E-state index in [-0.39, 0.29) is 0 Å². The number of hydrogen-bond acceptors (Lipinski definition) is 6. The lowest BCUT2D eigenvalue weighted by Crippen LogP contribution is -2.27. The molecule has 4 heterocycles. The zero-order valence-electron chi connectivity index (χ0n) is 15.5. The molecule has 1 saturated carbocycles. The minimum Gasteiger partial charge on any atom is -0.491 e. The Morgan fingerprint density at radius 1 is 1.21 bits per heavy atom. The van der Waals surface area contributed by atoms with Crippen molar-refractivity contribution in [2.75, 3.05) is 11.9 Å². The van der Waals surface area contributed by atoms with Gasteiger partial charge in [-0.1, -0.05) is 0 Å². The van der Waals surface area contributed by atoms with Crippen LogP contribution in [0.15, 0.2) is 49.1 Å². The van der Waals surface area contributed by atoms with Gasteiger partial charge in [-0.25, -0.2) is 9.50 Å². The van der Waals surface area contributed by atoms with Gasteiger partial charge in [0.2, 0.25) is 0 Å². The second-order valence-corrected chi connectivity index (χ2v) is 7.20. The third kappa shape index (κ3) is 3.17. The number of pyridine rings is 1. The van der Waals surface area contributed by atoms with Crippen molar-refractivity contribution in [2.45, 2.75) is 25.7 Å². The van der Waals surface area contributed by atoms with E-state index < -0.39 is 0 Å². The zero-order chi connectivity index (χ0) is 18.9. The standard InChI is InChI=1S/C20H21N7O/c1-13-18(3-2-5-21-13)28-12-14-9-15(10-14)16-11-19(26-25-16)24-20-17-4-6-23-27(17)8-7-22-20/h2-8,11,14-15H,9-10,12H2,1H3,(H2,22,24,25,26)/t14-,15-. The maximum atomic E-state index is 5.93. The predicted octanol–water partition coefficient (Wildman–Crippen LogP) is 3.47. The number of ether oxygens (including phenoxy) is 1. The summed E-state index contributed by atoms with van der Waals surface area (Å²) in [7, 11) is 0. The molecule has 1 aliphatic carbocycles. The fraction of sp³-hybridized carbons (Fsp3) is 0.300. The fourth-order valence-corrected chi connectivity index (χ4v) is 3.64. The highest BCUT2D eigenvalue weighted by molar-refractivity contribution is 5.71. The predicted molar refractivity (Wildman–Crippen MR) is 105 cm³/mol. The molecule has 8 heteroatoms. The van der Waals surface area contributed by atoms with E-state index in [0.717, 1.165) is 53.7 Å². The first-order valence-corrected chi connectivity index (χ1v) is 9.41. The van der Waals surface area contributed by atoms with Crippen molar-refractivity contribution >= 4 is 17.2 Å². The number of rotatable bonds is 6. The largest absolute Gasteiger partial charge is 0.491 e. The first-order valence-electron chi connectivity index (χ1n) is 9.41. The second kappa shape index (κ2) is 6.95. The maximum absolute atomic E-state index is 5.93. The zero-order valence-corrected chi connectivity index (χ0v) is 15.5. The molecule has 0 saturated heterocycles. The van der Waals surface area contributed by atoms with E-state index in [2.05, 4.69) is 36.6 Å². The van der Waals surface area contributed by atoms with Gasteiger partial charge < -0.3 is 10.1 Å². The van der Waals surface area contributed by atoms with E-state index in [4.69, 9.17) is 4.74 Å². The highest BCUT2D eigenvalue weighted by Gasteiger charge is 2.32. The average Bonchev–Trinajstić information content (AvgIpc) is 3.32. The summed E-state index contributed by atoms with van der Waals surface area (Å²) in [6, 6.07) is 7.86. The summed E-state index contributed by atoms with van der Waals surface area (Å²) >= 11 is 0.